The van der Waals surface area contributed by atoms with E-state index in [2.05, 4.69) is 16.9 Å². The van der Waals surface area contributed by atoms with E-state index in [4.69, 9.17) is 9.84 Å². The number of hydrogen-bond acceptors (Lipinski definition) is 6. The molecule has 3 unspecified atom stereocenters. The lowest BCUT2D eigenvalue weighted by atomic mass is 9.94. The fourth-order valence-electron chi connectivity index (χ4n) is 2.61. The molecule has 0 aromatic rings. The van der Waals surface area contributed by atoms with Crippen molar-refractivity contribution in [2.75, 3.05) is 13.2 Å². The number of carbonyl (C=O) groups excluding carboxylic acids is 3. The number of carbonyl (C=O) groups is 3. The van der Waals surface area contributed by atoms with Gasteiger partial charge in [0, 0.05) is 12.2 Å². The van der Waals surface area contributed by atoms with Gasteiger partial charge in [-0.05, 0) is 24.7 Å². The summed E-state index contributed by atoms with van der Waals surface area (Å²) < 4.78 is 8.88. The Morgan fingerprint density at radius 2 is 1.95 bits per heavy atom. The molecule has 0 aromatic carbocycles. The second-order valence-corrected chi connectivity index (χ2v) is 4.85. The highest BCUT2D eigenvalue weighted by Crippen LogP contribution is 2.43. The minimum absolute atomic E-state index is 0.0570. The van der Waals surface area contributed by atoms with Crippen molar-refractivity contribution in [3.8, 4) is 0 Å². The Hall–Kier alpha value is -1.95. The summed E-state index contributed by atoms with van der Waals surface area (Å²) in [4.78, 5) is 31.3. The minimum atomic E-state index is -0.579. The number of hydrogen-bond donors (Lipinski definition) is 1. The first-order chi connectivity index (χ1) is 9.60. The van der Waals surface area contributed by atoms with Crippen molar-refractivity contribution in [1.29, 1.82) is 0 Å². The molecule has 6 nitrogen and oxygen atoms in total. The van der Waals surface area contributed by atoms with Gasteiger partial charge in [-0.1, -0.05) is 12.2 Å². The smallest absolute Gasteiger partial charge is 0.338 e. The number of allylic oxidation sites excluding steroid dienone is 2. The van der Waals surface area contributed by atoms with Crippen LogP contribution in [-0.2, 0) is 23.9 Å². The van der Waals surface area contributed by atoms with E-state index < -0.39 is 11.9 Å². The molecular weight excluding hydrogens is 264 g/mol. The number of ether oxygens (including phenoxy) is 2. The lowest BCUT2D eigenvalue weighted by Crippen LogP contribution is -2.22. The number of rotatable bonds is 3. The van der Waals surface area contributed by atoms with Crippen LogP contribution in [0.5, 0.6) is 0 Å². The SMILES string of the molecule is O=C(OCCO)C1CC2C=CC1C2.O=C1C=CC(=O)O1. The lowest BCUT2D eigenvalue weighted by molar-refractivity contribution is -0.151. The van der Waals surface area contributed by atoms with Crippen LogP contribution in [0.25, 0.3) is 0 Å². The van der Waals surface area contributed by atoms with Crippen LogP contribution >= 0.6 is 0 Å². The Kier molecular flexibility index (Phi) is 4.68. The molecule has 3 rings (SSSR count). The van der Waals surface area contributed by atoms with E-state index in [-0.39, 0.29) is 25.1 Å². The molecule has 3 atom stereocenters. The minimum Gasteiger partial charge on any atom is -0.463 e. The highest BCUT2D eigenvalue weighted by Gasteiger charge is 2.40. The predicted molar refractivity (Wildman–Crippen MR) is 67.1 cm³/mol. The summed E-state index contributed by atoms with van der Waals surface area (Å²) in [5, 5.41) is 8.50. The van der Waals surface area contributed by atoms with Crippen LogP contribution in [-0.4, -0.2) is 36.2 Å². The molecule has 1 heterocycles. The van der Waals surface area contributed by atoms with E-state index in [1.54, 1.807) is 0 Å². The monoisotopic (exact) mass is 280 g/mol. The van der Waals surface area contributed by atoms with E-state index in [1.165, 1.54) is 0 Å². The van der Waals surface area contributed by atoms with Crippen LogP contribution in [0.2, 0.25) is 0 Å². The van der Waals surface area contributed by atoms with E-state index in [0.717, 1.165) is 25.0 Å². The molecule has 0 amide bonds. The summed E-state index contributed by atoms with van der Waals surface area (Å²) in [5.74, 6) is -0.240. The predicted octanol–water partition coefficient (Wildman–Crippen LogP) is 0.360. The number of aliphatic hydroxyl groups is 1. The maximum Gasteiger partial charge on any atom is 0.338 e. The third kappa shape index (κ3) is 3.54. The summed E-state index contributed by atoms with van der Waals surface area (Å²) in [7, 11) is 0. The Balaban J connectivity index is 0.000000178. The van der Waals surface area contributed by atoms with Crippen LogP contribution in [0.15, 0.2) is 24.3 Å². The molecule has 20 heavy (non-hydrogen) atoms. The summed E-state index contributed by atoms with van der Waals surface area (Å²) in [6.07, 6.45) is 8.54. The van der Waals surface area contributed by atoms with Gasteiger partial charge in [0.1, 0.15) is 6.61 Å². The van der Waals surface area contributed by atoms with Crippen molar-refractivity contribution in [1.82, 2.24) is 0 Å². The first-order valence-electron chi connectivity index (χ1n) is 6.50. The maximum atomic E-state index is 11.4. The summed E-state index contributed by atoms with van der Waals surface area (Å²) >= 11 is 0. The van der Waals surface area contributed by atoms with E-state index in [9.17, 15) is 14.4 Å². The molecule has 3 aliphatic rings. The first-order valence-corrected chi connectivity index (χ1v) is 6.50. The number of aliphatic hydroxyl groups excluding tert-OH is 1. The maximum absolute atomic E-state index is 11.4. The molecule has 1 N–H and O–H groups in total. The van der Waals surface area contributed by atoms with E-state index in [0.29, 0.717) is 11.8 Å². The quantitative estimate of drug-likeness (QED) is 0.456. The van der Waals surface area contributed by atoms with Crippen molar-refractivity contribution in [3.05, 3.63) is 24.3 Å². The van der Waals surface area contributed by atoms with Crippen LogP contribution in [0.1, 0.15) is 12.8 Å². The zero-order chi connectivity index (χ0) is 14.5. The second kappa shape index (κ2) is 6.47. The molecular formula is C14H16O6. The van der Waals surface area contributed by atoms with Gasteiger partial charge in [-0.15, -0.1) is 0 Å². The largest absolute Gasteiger partial charge is 0.463 e. The van der Waals surface area contributed by atoms with Crippen molar-refractivity contribution >= 4 is 17.9 Å². The normalized spacial score (nSPS) is 29.1. The Morgan fingerprint density at radius 3 is 2.35 bits per heavy atom. The second-order valence-electron chi connectivity index (χ2n) is 4.85. The summed E-state index contributed by atoms with van der Waals surface area (Å²) in [6.45, 7) is 0.0544. The molecule has 108 valence electrons. The standard InChI is InChI=1S/C10H14O3.C4H2O3/c11-3-4-13-10(12)9-6-7-1-2-8(9)5-7;5-3-1-2-4(6)7-3/h1-2,7-9,11H,3-6H2;1-2H. The third-order valence-electron chi connectivity index (χ3n) is 3.47. The molecule has 0 aromatic heterocycles. The molecule has 1 aliphatic heterocycles. The van der Waals surface area contributed by atoms with Gasteiger partial charge in [-0.25, -0.2) is 9.59 Å². The average Bonchev–Trinajstić information content (AvgIpc) is 3.13. The fraction of sp³-hybridized carbons (Fsp3) is 0.500. The Morgan fingerprint density at radius 1 is 1.25 bits per heavy atom. The van der Waals surface area contributed by atoms with Gasteiger partial charge in [0.15, 0.2) is 0 Å². The molecule has 2 aliphatic carbocycles. The van der Waals surface area contributed by atoms with E-state index in [1.807, 2.05) is 0 Å². The third-order valence-corrected chi connectivity index (χ3v) is 3.47. The molecule has 1 saturated carbocycles. The number of fused-ring (bicyclic) bond motifs is 2. The lowest BCUT2D eigenvalue weighted by Gasteiger charge is -2.15. The van der Waals surface area contributed by atoms with Crippen LogP contribution in [0.4, 0.5) is 0 Å². The molecule has 0 radical (unpaired) electrons. The van der Waals surface area contributed by atoms with Crippen molar-refractivity contribution < 1.29 is 29.0 Å². The molecule has 0 spiro atoms. The van der Waals surface area contributed by atoms with Gasteiger partial charge in [0.2, 0.25) is 0 Å². The van der Waals surface area contributed by atoms with Gasteiger partial charge in [0.25, 0.3) is 0 Å². The van der Waals surface area contributed by atoms with E-state index >= 15 is 0 Å². The van der Waals surface area contributed by atoms with Crippen LogP contribution in [0.3, 0.4) is 0 Å². The molecule has 1 fully saturated rings. The van der Waals surface area contributed by atoms with Gasteiger partial charge in [0.05, 0.1) is 12.5 Å². The van der Waals surface area contributed by atoms with Gasteiger partial charge in [-0.3, -0.25) is 4.79 Å². The highest BCUT2D eigenvalue weighted by atomic mass is 16.6. The topological polar surface area (TPSA) is 89.9 Å². The fourth-order valence-corrected chi connectivity index (χ4v) is 2.61. The Bertz CT molecular complexity index is 448. The van der Waals surface area contributed by atoms with Crippen LogP contribution < -0.4 is 0 Å². The van der Waals surface area contributed by atoms with Gasteiger partial charge < -0.3 is 14.6 Å². The van der Waals surface area contributed by atoms with Crippen LogP contribution in [0, 0.1) is 17.8 Å². The zero-order valence-corrected chi connectivity index (χ0v) is 10.9. The van der Waals surface area contributed by atoms with Gasteiger partial charge in [-0.2, -0.15) is 0 Å². The number of esters is 3. The molecule has 6 heteroatoms. The average molecular weight is 280 g/mol. The van der Waals surface area contributed by atoms with Crippen molar-refractivity contribution in [3.63, 3.8) is 0 Å². The Labute approximate surface area is 116 Å². The van der Waals surface area contributed by atoms with Crippen molar-refractivity contribution in [2.24, 2.45) is 17.8 Å². The molecule has 2 bridgehead atoms. The highest BCUT2D eigenvalue weighted by molar-refractivity contribution is 6.04. The van der Waals surface area contributed by atoms with Crippen molar-refractivity contribution in [2.45, 2.75) is 12.8 Å². The zero-order valence-electron chi connectivity index (χ0n) is 10.9. The summed E-state index contributed by atoms with van der Waals surface area (Å²) in [6, 6.07) is 0. The summed E-state index contributed by atoms with van der Waals surface area (Å²) in [5.41, 5.74) is 0. The molecule has 0 saturated heterocycles. The number of cyclic esters (lactones) is 2. The first kappa shape index (κ1) is 14.5. The van der Waals surface area contributed by atoms with Gasteiger partial charge >= 0.3 is 17.9 Å².